The van der Waals surface area contributed by atoms with Gasteiger partial charge in [-0.25, -0.2) is 0 Å². The van der Waals surface area contributed by atoms with Gasteiger partial charge in [-0.05, 0) is 31.6 Å². The van der Waals surface area contributed by atoms with Crippen LogP contribution in [0.3, 0.4) is 0 Å². The zero-order valence-electron chi connectivity index (χ0n) is 13.0. The molecule has 116 valence electrons. The van der Waals surface area contributed by atoms with Crippen LogP contribution in [-0.4, -0.2) is 33.1 Å². The average molecular weight is 294 g/mol. The van der Waals surface area contributed by atoms with E-state index in [2.05, 4.69) is 13.8 Å². The van der Waals surface area contributed by atoms with Gasteiger partial charge < -0.3 is 13.8 Å². The highest BCUT2D eigenvalue weighted by atomic mass is 31.2. The first-order valence-electron chi connectivity index (χ1n) is 7.45. The third-order valence-corrected chi connectivity index (χ3v) is 5.01. The molecule has 0 aromatic heterocycles. The second-order valence-corrected chi connectivity index (χ2v) is 7.22. The van der Waals surface area contributed by atoms with E-state index in [1.165, 1.54) is 0 Å². The van der Waals surface area contributed by atoms with Crippen molar-refractivity contribution in [2.24, 2.45) is 5.92 Å². The number of ether oxygens (including phenoxy) is 1. The molecule has 0 radical (unpaired) electrons. The zero-order valence-corrected chi connectivity index (χ0v) is 13.9. The van der Waals surface area contributed by atoms with Crippen LogP contribution in [0, 0.1) is 5.92 Å². The highest BCUT2D eigenvalue weighted by Gasteiger charge is 2.23. The molecule has 4 nitrogen and oxygen atoms in total. The van der Waals surface area contributed by atoms with Gasteiger partial charge >= 0.3 is 7.60 Å². The van der Waals surface area contributed by atoms with E-state index in [1.54, 1.807) is 7.11 Å². The number of methoxy groups -OCH3 is 1. The first-order chi connectivity index (χ1) is 9.08. The molecule has 0 N–H and O–H groups in total. The maximum absolute atomic E-state index is 12.5. The molecule has 2 atom stereocenters. The first-order valence-corrected chi connectivity index (χ1v) is 9.17. The number of hydrogen-bond donors (Lipinski definition) is 0. The lowest BCUT2D eigenvalue weighted by Crippen LogP contribution is -2.07. The standard InChI is InChI=1S/C14H31O4P/c1-5-7-13-19(15,17-10-6-2)18-12-9-14(3)8-11-16-4/h14H,5-13H2,1-4H3. The van der Waals surface area contributed by atoms with E-state index in [9.17, 15) is 4.57 Å². The fraction of sp³-hybridized carbons (Fsp3) is 1.00. The molecule has 0 fully saturated rings. The minimum absolute atomic E-state index is 0.510. The lowest BCUT2D eigenvalue weighted by atomic mass is 10.1. The Morgan fingerprint density at radius 1 is 1.00 bits per heavy atom. The van der Waals surface area contributed by atoms with E-state index >= 15 is 0 Å². The summed E-state index contributed by atoms with van der Waals surface area (Å²) in [7, 11) is -1.16. The molecule has 0 bridgehead atoms. The lowest BCUT2D eigenvalue weighted by Gasteiger charge is -2.19. The lowest BCUT2D eigenvalue weighted by molar-refractivity contribution is 0.163. The Balaban J connectivity index is 4.00. The highest BCUT2D eigenvalue weighted by Crippen LogP contribution is 2.49. The molecule has 0 aromatic rings. The summed E-state index contributed by atoms with van der Waals surface area (Å²) in [5, 5.41) is 0. The van der Waals surface area contributed by atoms with Crippen molar-refractivity contribution in [1.82, 2.24) is 0 Å². The van der Waals surface area contributed by atoms with E-state index in [0.29, 0.717) is 25.3 Å². The highest BCUT2D eigenvalue weighted by molar-refractivity contribution is 7.53. The van der Waals surface area contributed by atoms with E-state index in [-0.39, 0.29) is 0 Å². The zero-order chi connectivity index (χ0) is 14.6. The van der Waals surface area contributed by atoms with Gasteiger partial charge in [-0.15, -0.1) is 0 Å². The Morgan fingerprint density at radius 3 is 2.21 bits per heavy atom. The molecule has 0 rings (SSSR count). The van der Waals surface area contributed by atoms with Crippen LogP contribution in [0.15, 0.2) is 0 Å². The minimum atomic E-state index is -2.87. The summed E-state index contributed by atoms with van der Waals surface area (Å²) in [5.74, 6) is 0.519. The van der Waals surface area contributed by atoms with Crippen molar-refractivity contribution >= 4 is 7.60 Å². The van der Waals surface area contributed by atoms with Gasteiger partial charge in [0, 0.05) is 13.7 Å². The predicted molar refractivity (Wildman–Crippen MR) is 79.9 cm³/mol. The van der Waals surface area contributed by atoms with Crippen molar-refractivity contribution in [3.63, 3.8) is 0 Å². The molecule has 0 aliphatic rings. The minimum Gasteiger partial charge on any atom is -0.385 e. The fourth-order valence-corrected chi connectivity index (χ4v) is 3.49. The van der Waals surface area contributed by atoms with Crippen molar-refractivity contribution in [2.45, 2.75) is 52.9 Å². The summed E-state index contributed by atoms with van der Waals surface area (Å²) in [6, 6.07) is 0. The van der Waals surface area contributed by atoms with Crippen molar-refractivity contribution < 1.29 is 18.3 Å². The second kappa shape index (κ2) is 11.9. The summed E-state index contributed by atoms with van der Waals surface area (Å²) in [4.78, 5) is 0. The molecule has 0 saturated heterocycles. The van der Waals surface area contributed by atoms with Gasteiger partial charge in [0.25, 0.3) is 0 Å². The molecule has 0 heterocycles. The Bertz CT molecular complexity index is 234. The summed E-state index contributed by atoms with van der Waals surface area (Å²) in [5.41, 5.74) is 0. The molecule has 19 heavy (non-hydrogen) atoms. The maximum Gasteiger partial charge on any atom is 0.330 e. The molecule has 0 spiro atoms. The van der Waals surface area contributed by atoms with Crippen molar-refractivity contribution in [2.75, 3.05) is 33.1 Å². The van der Waals surface area contributed by atoms with Crippen LogP contribution in [0.4, 0.5) is 0 Å². The van der Waals surface area contributed by atoms with Gasteiger partial charge in [0.05, 0.1) is 19.4 Å². The van der Waals surface area contributed by atoms with Crippen LogP contribution in [0.25, 0.3) is 0 Å². The summed E-state index contributed by atoms with van der Waals surface area (Å²) in [6.45, 7) is 8.04. The predicted octanol–water partition coefficient (Wildman–Crippen LogP) is 4.49. The molecule has 0 aliphatic carbocycles. The summed E-state index contributed by atoms with van der Waals surface area (Å²) >= 11 is 0. The Kier molecular flexibility index (Phi) is 12.0. The van der Waals surface area contributed by atoms with Crippen molar-refractivity contribution in [3.8, 4) is 0 Å². The van der Waals surface area contributed by atoms with E-state index < -0.39 is 7.60 Å². The van der Waals surface area contributed by atoms with Crippen LogP contribution in [0.5, 0.6) is 0 Å². The van der Waals surface area contributed by atoms with Crippen molar-refractivity contribution in [1.29, 1.82) is 0 Å². The topological polar surface area (TPSA) is 44.8 Å². The van der Waals surface area contributed by atoms with E-state index in [4.69, 9.17) is 13.8 Å². The molecular formula is C14H31O4P. The first kappa shape index (κ1) is 19.1. The van der Waals surface area contributed by atoms with Crippen LogP contribution in [-0.2, 0) is 18.3 Å². The number of hydrogen-bond acceptors (Lipinski definition) is 4. The number of unbranched alkanes of at least 4 members (excludes halogenated alkanes) is 1. The maximum atomic E-state index is 12.5. The Hall–Kier alpha value is 0.110. The Morgan fingerprint density at radius 2 is 1.63 bits per heavy atom. The largest absolute Gasteiger partial charge is 0.385 e. The molecule has 2 unspecified atom stereocenters. The molecular weight excluding hydrogens is 263 g/mol. The van der Waals surface area contributed by atoms with Gasteiger partial charge in [-0.1, -0.05) is 27.2 Å². The molecule has 0 saturated carbocycles. The van der Waals surface area contributed by atoms with E-state index in [1.807, 2.05) is 6.92 Å². The summed E-state index contributed by atoms with van der Waals surface area (Å²) in [6.07, 6.45) is 5.21. The molecule has 0 aromatic carbocycles. The monoisotopic (exact) mass is 294 g/mol. The SMILES string of the molecule is CCCCP(=O)(OCCC)OCCC(C)CCOC. The molecule has 5 heteroatoms. The quantitative estimate of drug-likeness (QED) is 0.470. The van der Waals surface area contributed by atoms with Crippen LogP contribution in [0.1, 0.15) is 52.9 Å². The van der Waals surface area contributed by atoms with Crippen LogP contribution >= 0.6 is 7.60 Å². The average Bonchev–Trinajstić information content (AvgIpc) is 2.41. The van der Waals surface area contributed by atoms with Gasteiger partial charge in [-0.3, -0.25) is 4.57 Å². The van der Waals surface area contributed by atoms with Gasteiger partial charge in [0.1, 0.15) is 0 Å². The second-order valence-electron chi connectivity index (χ2n) is 5.03. The Labute approximate surface area is 118 Å². The molecule has 0 aliphatic heterocycles. The van der Waals surface area contributed by atoms with Crippen molar-refractivity contribution in [3.05, 3.63) is 0 Å². The summed E-state index contributed by atoms with van der Waals surface area (Å²) < 4.78 is 28.5. The van der Waals surface area contributed by atoms with Crippen LogP contribution < -0.4 is 0 Å². The van der Waals surface area contributed by atoms with Gasteiger partial charge in [-0.2, -0.15) is 0 Å². The van der Waals surface area contributed by atoms with Crippen LogP contribution in [0.2, 0.25) is 0 Å². The van der Waals surface area contributed by atoms with E-state index in [0.717, 1.165) is 38.7 Å². The van der Waals surface area contributed by atoms with Gasteiger partial charge in [0.2, 0.25) is 0 Å². The third kappa shape index (κ3) is 10.5. The third-order valence-electron chi connectivity index (χ3n) is 2.99. The van der Waals surface area contributed by atoms with Gasteiger partial charge in [0.15, 0.2) is 0 Å². The smallest absolute Gasteiger partial charge is 0.330 e. The number of rotatable bonds is 13. The fourth-order valence-electron chi connectivity index (χ4n) is 1.60. The normalized spacial score (nSPS) is 16.2. The molecule has 0 amide bonds.